The van der Waals surface area contributed by atoms with Crippen LogP contribution in [0.3, 0.4) is 0 Å². The fraction of sp³-hybridized carbons (Fsp3) is 1.00. The van der Waals surface area contributed by atoms with E-state index in [0.717, 1.165) is 25.9 Å². The number of ether oxygens (including phenoxy) is 3. The van der Waals surface area contributed by atoms with Crippen LogP contribution in [0.1, 0.15) is 12.8 Å². The summed E-state index contributed by atoms with van der Waals surface area (Å²) < 4.78 is 15.5. The molecule has 0 aromatic carbocycles. The zero-order valence-corrected chi connectivity index (χ0v) is 10.0. The molecule has 2 N–H and O–H groups in total. The highest BCUT2D eigenvalue weighted by Gasteiger charge is 2.28. The summed E-state index contributed by atoms with van der Waals surface area (Å²) in [6, 6.07) is 0. The van der Waals surface area contributed by atoms with Crippen LogP contribution in [0.2, 0.25) is 0 Å². The van der Waals surface area contributed by atoms with Crippen LogP contribution in [-0.2, 0) is 14.2 Å². The van der Waals surface area contributed by atoms with E-state index in [1.54, 1.807) is 7.11 Å². The molecule has 5 heteroatoms. The minimum absolute atomic E-state index is 0.405. The van der Waals surface area contributed by atoms with Gasteiger partial charge in [-0.05, 0) is 25.9 Å². The van der Waals surface area contributed by atoms with Crippen molar-refractivity contribution in [3.63, 3.8) is 0 Å². The lowest BCUT2D eigenvalue weighted by molar-refractivity contribution is -0.0747. The topological polar surface area (TPSA) is 60.0 Å². The maximum atomic E-state index is 10.1. The van der Waals surface area contributed by atoms with Gasteiger partial charge in [0.15, 0.2) is 0 Å². The van der Waals surface area contributed by atoms with E-state index in [4.69, 9.17) is 14.2 Å². The average Bonchev–Trinajstić information content (AvgIpc) is 2.29. The molecule has 1 aliphatic rings. The Morgan fingerprint density at radius 3 is 2.38 bits per heavy atom. The van der Waals surface area contributed by atoms with Crippen LogP contribution >= 0.6 is 0 Å². The van der Waals surface area contributed by atoms with Crippen molar-refractivity contribution >= 4 is 0 Å². The Kier molecular flexibility index (Phi) is 6.91. The summed E-state index contributed by atoms with van der Waals surface area (Å²) in [5, 5.41) is 13.3. The van der Waals surface area contributed by atoms with Gasteiger partial charge >= 0.3 is 0 Å². The Morgan fingerprint density at radius 2 is 1.69 bits per heavy atom. The maximum absolute atomic E-state index is 10.1. The number of hydrogen-bond donors (Lipinski definition) is 2. The monoisotopic (exact) mass is 233 g/mol. The lowest BCUT2D eigenvalue weighted by atomic mass is 9.94. The van der Waals surface area contributed by atoms with Crippen molar-refractivity contribution in [3.8, 4) is 0 Å². The van der Waals surface area contributed by atoms with Gasteiger partial charge in [0.25, 0.3) is 0 Å². The van der Waals surface area contributed by atoms with Gasteiger partial charge in [-0.3, -0.25) is 0 Å². The predicted octanol–water partition coefficient (Wildman–Crippen LogP) is -0.219. The molecule has 0 unspecified atom stereocenters. The number of methoxy groups -OCH3 is 1. The van der Waals surface area contributed by atoms with Crippen molar-refractivity contribution < 1.29 is 19.3 Å². The molecule has 96 valence electrons. The predicted molar refractivity (Wildman–Crippen MR) is 60.6 cm³/mol. The minimum atomic E-state index is -0.641. The SMILES string of the molecule is COCCOCCOCC1(O)CCNCC1. The van der Waals surface area contributed by atoms with Gasteiger partial charge in [-0.2, -0.15) is 0 Å². The van der Waals surface area contributed by atoms with Crippen molar-refractivity contribution in [1.29, 1.82) is 0 Å². The third-order valence-corrected chi connectivity index (χ3v) is 2.71. The van der Waals surface area contributed by atoms with Gasteiger partial charge in [0.1, 0.15) is 0 Å². The van der Waals surface area contributed by atoms with E-state index in [-0.39, 0.29) is 0 Å². The van der Waals surface area contributed by atoms with Crippen molar-refractivity contribution in [2.75, 3.05) is 53.2 Å². The van der Waals surface area contributed by atoms with E-state index >= 15 is 0 Å². The van der Waals surface area contributed by atoms with Gasteiger partial charge in [-0.1, -0.05) is 0 Å². The van der Waals surface area contributed by atoms with Crippen LogP contribution in [0.5, 0.6) is 0 Å². The number of piperidine rings is 1. The Labute approximate surface area is 97.1 Å². The van der Waals surface area contributed by atoms with Crippen LogP contribution in [0.4, 0.5) is 0 Å². The minimum Gasteiger partial charge on any atom is -0.387 e. The highest BCUT2D eigenvalue weighted by molar-refractivity contribution is 4.83. The van der Waals surface area contributed by atoms with Crippen LogP contribution < -0.4 is 5.32 Å². The van der Waals surface area contributed by atoms with E-state index < -0.39 is 5.60 Å². The highest BCUT2D eigenvalue weighted by atomic mass is 16.5. The molecule has 0 amide bonds. The number of aliphatic hydroxyl groups is 1. The molecule has 0 radical (unpaired) electrons. The zero-order valence-electron chi connectivity index (χ0n) is 10.0. The van der Waals surface area contributed by atoms with Gasteiger partial charge < -0.3 is 24.6 Å². The molecule has 0 aromatic heterocycles. The third-order valence-electron chi connectivity index (χ3n) is 2.71. The summed E-state index contributed by atoms with van der Waals surface area (Å²) in [6.45, 7) is 4.41. The summed E-state index contributed by atoms with van der Waals surface area (Å²) in [5.74, 6) is 0. The number of hydrogen-bond acceptors (Lipinski definition) is 5. The first-order chi connectivity index (χ1) is 7.77. The van der Waals surface area contributed by atoms with E-state index in [9.17, 15) is 5.11 Å². The molecular formula is C11H23NO4. The largest absolute Gasteiger partial charge is 0.387 e. The third kappa shape index (κ3) is 5.77. The molecule has 0 aromatic rings. The molecule has 1 heterocycles. The average molecular weight is 233 g/mol. The normalized spacial score (nSPS) is 19.9. The summed E-state index contributed by atoms with van der Waals surface area (Å²) in [7, 11) is 1.65. The molecule has 1 fully saturated rings. The van der Waals surface area contributed by atoms with Crippen LogP contribution in [0.15, 0.2) is 0 Å². The number of rotatable bonds is 8. The molecule has 16 heavy (non-hydrogen) atoms. The lowest BCUT2D eigenvalue weighted by Gasteiger charge is -2.32. The highest BCUT2D eigenvalue weighted by Crippen LogP contribution is 2.17. The smallest absolute Gasteiger partial charge is 0.0904 e. The van der Waals surface area contributed by atoms with Gasteiger partial charge in [0.2, 0.25) is 0 Å². The van der Waals surface area contributed by atoms with Crippen molar-refractivity contribution in [2.45, 2.75) is 18.4 Å². The molecule has 0 spiro atoms. The molecular weight excluding hydrogens is 210 g/mol. The van der Waals surface area contributed by atoms with Crippen LogP contribution in [-0.4, -0.2) is 63.9 Å². The molecule has 1 aliphatic heterocycles. The fourth-order valence-electron chi connectivity index (χ4n) is 1.66. The first kappa shape index (κ1) is 13.9. The molecule has 5 nitrogen and oxygen atoms in total. The lowest BCUT2D eigenvalue weighted by Crippen LogP contribution is -2.45. The first-order valence-electron chi connectivity index (χ1n) is 5.84. The fourth-order valence-corrected chi connectivity index (χ4v) is 1.66. The van der Waals surface area contributed by atoms with E-state index in [1.165, 1.54) is 0 Å². The quantitative estimate of drug-likeness (QED) is 0.568. The second kappa shape index (κ2) is 7.97. The van der Waals surface area contributed by atoms with Gasteiger partial charge in [-0.15, -0.1) is 0 Å². The Morgan fingerprint density at radius 1 is 1.06 bits per heavy atom. The Bertz CT molecular complexity index is 171. The van der Waals surface area contributed by atoms with Gasteiger partial charge in [0.05, 0.1) is 38.6 Å². The summed E-state index contributed by atoms with van der Waals surface area (Å²) in [5.41, 5.74) is -0.641. The van der Waals surface area contributed by atoms with Gasteiger partial charge in [0, 0.05) is 7.11 Å². The summed E-state index contributed by atoms with van der Waals surface area (Å²) >= 11 is 0. The molecule has 1 rings (SSSR count). The van der Waals surface area contributed by atoms with Crippen LogP contribution in [0.25, 0.3) is 0 Å². The molecule has 1 saturated heterocycles. The molecule has 0 aliphatic carbocycles. The number of nitrogens with one attached hydrogen (secondary N) is 1. The first-order valence-corrected chi connectivity index (χ1v) is 5.84. The van der Waals surface area contributed by atoms with Crippen molar-refractivity contribution in [3.05, 3.63) is 0 Å². The van der Waals surface area contributed by atoms with Gasteiger partial charge in [-0.25, -0.2) is 0 Å². The summed E-state index contributed by atoms with van der Waals surface area (Å²) in [4.78, 5) is 0. The Balaban J connectivity index is 1.93. The van der Waals surface area contributed by atoms with Crippen LogP contribution in [0, 0.1) is 0 Å². The molecule has 0 atom stereocenters. The second-order valence-electron chi connectivity index (χ2n) is 4.13. The molecule has 0 bridgehead atoms. The van der Waals surface area contributed by atoms with Crippen molar-refractivity contribution in [1.82, 2.24) is 5.32 Å². The Hall–Kier alpha value is -0.200. The van der Waals surface area contributed by atoms with Crippen molar-refractivity contribution in [2.24, 2.45) is 0 Å². The van der Waals surface area contributed by atoms with E-state index in [0.29, 0.717) is 33.0 Å². The zero-order chi connectivity index (χ0) is 11.7. The second-order valence-corrected chi connectivity index (χ2v) is 4.13. The molecule has 0 saturated carbocycles. The standard InChI is InChI=1S/C11H23NO4/c1-14-6-7-15-8-9-16-10-11(13)2-4-12-5-3-11/h12-13H,2-10H2,1H3. The summed E-state index contributed by atoms with van der Waals surface area (Å²) in [6.07, 6.45) is 1.52. The maximum Gasteiger partial charge on any atom is 0.0904 e. The van der Waals surface area contributed by atoms with E-state index in [1.807, 2.05) is 0 Å². The van der Waals surface area contributed by atoms with E-state index in [2.05, 4.69) is 5.32 Å².